The first-order valence-electron chi connectivity index (χ1n) is 12.5. The van der Waals surface area contributed by atoms with Crippen molar-refractivity contribution >= 4 is 27.4 Å². The van der Waals surface area contributed by atoms with Gasteiger partial charge in [-0.1, -0.05) is 12.1 Å². The van der Waals surface area contributed by atoms with Crippen LogP contribution in [0.1, 0.15) is 43.8 Å². The molecule has 34 heavy (non-hydrogen) atoms. The van der Waals surface area contributed by atoms with Gasteiger partial charge in [0.15, 0.2) is 0 Å². The highest BCUT2D eigenvalue weighted by Crippen LogP contribution is 2.34. The molecule has 0 amide bonds. The number of likely N-dealkylation sites (tertiary alicyclic amines) is 1. The SMILES string of the molecule is O=c1[nH]c(C2CCN(C3CCOC3)CC2)nc(NC2CCCNC2)c1-c1nc2ccccc2s1. The van der Waals surface area contributed by atoms with Gasteiger partial charge in [0.25, 0.3) is 5.56 Å². The van der Waals surface area contributed by atoms with Gasteiger partial charge in [-0.15, -0.1) is 11.3 Å². The van der Waals surface area contributed by atoms with Crippen LogP contribution in [0.3, 0.4) is 0 Å². The minimum Gasteiger partial charge on any atom is -0.380 e. The summed E-state index contributed by atoms with van der Waals surface area (Å²) in [5.41, 5.74) is 1.39. The molecule has 0 spiro atoms. The van der Waals surface area contributed by atoms with Crippen molar-refractivity contribution in [2.24, 2.45) is 0 Å². The van der Waals surface area contributed by atoms with E-state index >= 15 is 0 Å². The standard InChI is InChI=1S/C25H32N6O2S/c32-24-21(25-28-19-5-1-2-6-20(19)34-25)23(27-17-4-3-10-26-14-17)29-22(30-24)16-7-11-31(12-8-16)18-9-13-33-15-18/h1-2,5-6,16-18,26H,3-4,7-15H2,(H2,27,29,30,32). The third-order valence-electron chi connectivity index (χ3n) is 7.42. The molecule has 2 aromatic heterocycles. The maximum atomic E-state index is 13.5. The van der Waals surface area contributed by atoms with Crippen LogP contribution in [0.2, 0.25) is 0 Å². The van der Waals surface area contributed by atoms with E-state index in [-0.39, 0.29) is 17.5 Å². The number of nitrogens with zero attached hydrogens (tertiary/aromatic N) is 3. The molecule has 3 fully saturated rings. The number of fused-ring (bicyclic) bond motifs is 1. The van der Waals surface area contributed by atoms with E-state index in [2.05, 4.69) is 20.5 Å². The van der Waals surface area contributed by atoms with E-state index in [1.807, 2.05) is 24.3 Å². The van der Waals surface area contributed by atoms with Gasteiger partial charge < -0.3 is 20.4 Å². The molecule has 3 saturated heterocycles. The molecule has 2 unspecified atom stereocenters. The highest BCUT2D eigenvalue weighted by molar-refractivity contribution is 7.21. The van der Waals surface area contributed by atoms with E-state index in [0.717, 1.165) is 92.5 Å². The molecule has 0 saturated carbocycles. The van der Waals surface area contributed by atoms with Crippen LogP contribution in [0.4, 0.5) is 5.82 Å². The Morgan fingerprint density at radius 3 is 2.76 bits per heavy atom. The quantitative estimate of drug-likeness (QED) is 0.516. The molecule has 9 heteroatoms. The van der Waals surface area contributed by atoms with E-state index in [1.165, 1.54) is 0 Å². The zero-order valence-electron chi connectivity index (χ0n) is 19.4. The molecule has 0 radical (unpaired) electrons. The fourth-order valence-electron chi connectivity index (χ4n) is 5.48. The fraction of sp³-hybridized carbons (Fsp3) is 0.560. The van der Waals surface area contributed by atoms with Gasteiger partial charge in [0.2, 0.25) is 0 Å². The van der Waals surface area contributed by atoms with E-state index in [0.29, 0.717) is 17.4 Å². The Kier molecular flexibility index (Phi) is 6.34. The molecular weight excluding hydrogens is 448 g/mol. The average molecular weight is 481 g/mol. The summed E-state index contributed by atoms with van der Waals surface area (Å²) in [7, 11) is 0. The number of aromatic nitrogens is 3. The molecule has 180 valence electrons. The largest absolute Gasteiger partial charge is 0.380 e. The number of benzene rings is 1. The summed E-state index contributed by atoms with van der Waals surface area (Å²) in [5.74, 6) is 1.75. The number of anilines is 1. The zero-order chi connectivity index (χ0) is 22.9. The van der Waals surface area contributed by atoms with Crippen molar-refractivity contribution in [2.75, 3.05) is 44.7 Å². The summed E-state index contributed by atoms with van der Waals surface area (Å²) in [5, 5.41) is 7.79. The first kappa shape index (κ1) is 22.2. The fourth-order valence-corrected chi connectivity index (χ4v) is 6.49. The van der Waals surface area contributed by atoms with Crippen molar-refractivity contribution in [3.05, 3.63) is 40.4 Å². The summed E-state index contributed by atoms with van der Waals surface area (Å²) in [4.78, 5) is 29.0. The highest BCUT2D eigenvalue weighted by atomic mass is 32.1. The predicted octanol–water partition coefficient (Wildman–Crippen LogP) is 3.18. The van der Waals surface area contributed by atoms with Crippen molar-refractivity contribution in [3.8, 4) is 10.6 Å². The number of H-pyrrole nitrogens is 1. The Morgan fingerprint density at radius 1 is 1.12 bits per heavy atom. The van der Waals surface area contributed by atoms with Crippen LogP contribution >= 0.6 is 11.3 Å². The molecule has 0 bridgehead atoms. The Morgan fingerprint density at radius 2 is 2.00 bits per heavy atom. The molecule has 3 aliphatic rings. The molecule has 5 heterocycles. The van der Waals surface area contributed by atoms with Crippen LogP contribution < -0.4 is 16.2 Å². The molecule has 2 atom stereocenters. The van der Waals surface area contributed by atoms with Crippen LogP contribution in [-0.4, -0.2) is 71.3 Å². The Labute approximate surface area is 203 Å². The zero-order valence-corrected chi connectivity index (χ0v) is 20.2. The van der Waals surface area contributed by atoms with Gasteiger partial charge in [0.05, 0.1) is 16.8 Å². The van der Waals surface area contributed by atoms with Crippen LogP contribution in [0.5, 0.6) is 0 Å². The summed E-state index contributed by atoms with van der Waals surface area (Å²) < 4.78 is 6.66. The molecule has 1 aromatic carbocycles. The minimum absolute atomic E-state index is 0.0954. The Hall–Kier alpha value is -2.33. The number of nitrogens with one attached hydrogen (secondary N) is 3. The first-order valence-corrected chi connectivity index (χ1v) is 13.4. The third kappa shape index (κ3) is 4.49. The number of rotatable bonds is 5. The first-order chi connectivity index (χ1) is 16.7. The van der Waals surface area contributed by atoms with Crippen molar-refractivity contribution in [1.29, 1.82) is 0 Å². The highest BCUT2D eigenvalue weighted by Gasteiger charge is 2.30. The summed E-state index contributed by atoms with van der Waals surface area (Å²) in [6.45, 7) is 5.69. The third-order valence-corrected chi connectivity index (χ3v) is 8.48. The number of para-hydroxylation sites is 1. The van der Waals surface area contributed by atoms with Crippen LogP contribution in [0.15, 0.2) is 29.1 Å². The van der Waals surface area contributed by atoms with Crippen LogP contribution in [0.25, 0.3) is 20.8 Å². The van der Waals surface area contributed by atoms with Gasteiger partial charge in [0.1, 0.15) is 22.2 Å². The van der Waals surface area contributed by atoms with Gasteiger partial charge >= 0.3 is 0 Å². The summed E-state index contributed by atoms with van der Waals surface area (Å²) >= 11 is 1.55. The van der Waals surface area contributed by atoms with Gasteiger partial charge in [-0.3, -0.25) is 9.69 Å². The Balaban J connectivity index is 1.31. The van der Waals surface area contributed by atoms with Gasteiger partial charge in [-0.25, -0.2) is 9.97 Å². The smallest absolute Gasteiger partial charge is 0.263 e. The number of piperidine rings is 2. The number of aromatic amines is 1. The minimum atomic E-state index is -0.0954. The van der Waals surface area contributed by atoms with Crippen LogP contribution in [0, 0.1) is 0 Å². The molecule has 3 N–H and O–H groups in total. The van der Waals surface area contributed by atoms with E-state index in [4.69, 9.17) is 14.7 Å². The summed E-state index contributed by atoms with van der Waals surface area (Å²) in [6.07, 6.45) is 5.32. The van der Waals surface area contributed by atoms with Gasteiger partial charge in [-0.05, 0) is 63.9 Å². The average Bonchev–Trinajstić information content (AvgIpc) is 3.55. The van der Waals surface area contributed by atoms with Gasteiger partial charge in [0, 0.05) is 31.2 Å². The normalized spacial score (nSPS) is 24.6. The lowest BCUT2D eigenvalue weighted by molar-refractivity contribution is 0.121. The molecular formula is C25H32N6O2S. The van der Waals surface area contributed by atoms with E-state index in [9.17, 15) is 4.79 Å². The number of hydrogen-bond acceptors (Lipinski definition) is 8. The second-order valence-electron chi connectivity index (χ2n) is 9.68. The molecule has 3 aromatic rings. The number of thiazole rings is 1. The molecule has 6 rings (SSSR count). The van der Waals surface area contributed by atoms with Crippen molar-refractivity contribution in [2.45, 2.75) is 50.1 Å². The topological polar surface area (TPSA) is 95.2 Å². The lowest BCUT2D eigenvalue weighted by atomic mass is 9.94. The van der Waals surface area contributed by atoms with Crippen molar-refractivity contribution in [3.63, 3.8) is 0 Å². The number of ether oxygens (including phenoxy) is 1. The van der Waals surface area contributed by atoms with E-state index in [1.54, 1.807) is 11.3 Å². The van der Waals surface area contributed by atoms with Crippen molar-refractivity contribution < 1.29 is 4.74 Å². The lowest BCUT2D eigenvalue weighted by Crippen LogP contribution is -2.42. The monoisotopic (exact) mass is 480 g/mol. The summed E-state index contributed by atoms with van der Waals surface area (Å²) in [6, 6.07) is 8.83. The molecule has 8 nitrogen and oxygen atoms in total. The second-order valence-corrected chi connectivity index (χ2v) is 10.7. The maximum absolute atomic E-state index is 13.5. The van der Waals surface area contributed by atoms with Crippen LogP contribution in [-0.2, 0) is 4.74 Å². The number of hydrogen-bond donors (Lipinski definition) is 3. The van der Waals surface area contributed by atoms with Gasteiger partial charge in [-0.2, -0.15) is 0 Å². The maximum Gasteiger partial charge on any atom is 0.263 e. The van der Waals surface area contributed by atoms with Crippen molar-refractivity contribution in [1.82, 2.24) is 25.2 Å². The molecule has 0 aliphatic carbocycles. The molecule has 3 aliphatic heterocycles. The van der Waals surface area contributed by atoms with E-state index < -0.39 is 0 Å². The lowest BCUT2D eigenvalue weighted by Gasteiger charge is -2.35. The predicted molar refractivity (Wildman–Crippen MR) is 136 cm³/mol. The second kappa shape index (κ2) is 9.73. The Bertz CT molecular complexity index is 1160.